The normalized spacial score (nSPS) is 11.1. The van der Waals surface area contributed by atoms with Gasteiger partial charge >= 0.3 is 0 Å². The highest BCUT2D eigenvalue weighted by Crippen LogP contribution is 2.21. The molecule has 16 heavy (non-hydrogen) atoms. The molecule has 0 atom stereocenters. The number of aromatic nitrogens is 1. The fraction of sp³-hybridized carbons (Fsp3) is 0.615. The monoisotopic (exact) mass is 221 g/mol. The molecule has 3 nitrogen and oxygen atoms in total. The van der Waals surface area contributed by atoms with Gasteiger partial charge in [0, 0.05) is 19.3 Å². The molecule has 0 aliphatic heterocycles. The molecule has 0 aliphatic carbocycles. The zero-order valence-electron chi connectivity index (χ0n) is 10.8. The maximum atomic E-state index is 5.97. The van der Waals surface area contributed by atoms with Crippen LogP contribution in [0.25, 0.3) is 0 Å². The molecule has 0 aliphatic rings. The molecule has 1 aromatic heterocycles. The van der Waals surface area contributed by atoms with E-state index in [-0.39, 0.29) is 0 Å². The predicted molar refractivity (Wildman–Crippen MR) is 70.5 cm³/mol. The molecule has 1 rings (SSSR count). The molecule has 0 radical (unpaired) electrons. The lowest BCUT2D eigenvalue weighted by atomic mass is 10.1. The van der Waals surface area contributed by atoms with Crippen molar-refractivity contribution in [3.63, 3.8) is 0 Å². The van der Waals surface area contributed by atoms with Gasteiger partial charge in [-0.1, -0.05) is 27.7 Å². The van der Waals surface area contributed by atoms with Crippen molar-refractivity contribution in [2.45, 2.75) is 27.7 Å². The number of nitrogen functional groups attached to an aromatic ring is 1. The van der Waals surface area contributed by atoms with E-state index < -0.39 is 0 Å². The highest BCUT2D eigenvalue weighted by Gasteiger charge is 2.13. The Hall–Kier alpha value is -1.25. The predicted octanol–water partition coefficient (Wildman–Crippen LogP) is 2.78. The summed E-state index contributed by atoms with van der Waals surface area (Å²) in [5.74, 6) is 2.14. The van der Waals surface area contributed by atoms with E-state index in [9.17, 15) is 0 Å². The van der Waals surface area contributed by atoms with Crippen LogP contribution in [0.3, 0.4) is 0 Å². The van der Waals surface area contributed by atoms with Crippen LogP contribution in [0.15, 0.2) is 18.3 Å². The van der Waals surface area contributed by atoms with Crippen molar-refractivity contribution in [3.05, 3.63) is 18.3 Å². The van der Waals surface area contributed by atoms with Crippen LogP contribution in [0.2, 0.25) is 0 Å². The zero-order chi connectivity index (χ0) is 12.1. The summed E-state index contributed by atoms with van der Waals surface area (Å²) in [6.45, 7) is 10.9. The van der Waals surface area contributed by atoms with Crippen LogP contribution < -0.4 is 10.6 Å². The second kappa shape index (κ2) is 5.73. The Bertz CT molecular complexity index is 311. The molecule has 0 bridgehead atoms. The van der Waals surface area contributed by atoms with Crippen LogP contribution in [0.4, 0.5) is 11.5 Å². The third-order valence-corrected chi connectivity index (χ3v) is 2.29. The van der Waals surface area contributed by atoms with Gasteiger partial charge in [0.15, 0.2) is 5.82 Å². The number of nitrogens with two attached hydrogens (primary N) is 1. The van der Waals surface area contributed by atoms with Gasteiger partial charge in [0.25, 0.3) is 0 Å². The molecule has 0 aromatic carbocycles. The molecule has 3 heteroatoms. The molecule has 0 spiro atoms. The number of rotatable bonds is 5. The second-order valence-corrected chi connectivity index (χ2v) is 5.11. The maximum Gasteiger partial charge on any atom is 0.151 e. The molecule has 0 amide bonds. The fourth-order valence-electron chi connectivity index (χ4n) is 1.80. The molecule has 90 valence electrons. The van der Waals surface area contributed by atoms with Gasteiger partial charge in [-0.3, -0.25) is 0 Å². The Morgan fingerprint density at radius 2 is 1.75 bits per heavy atom. The van der Waals surface area contributed by atoms with E-state index in [0.717, 1.165) is 24.6 Å². The SMILES string of the molecule is CC(C)CN(CC(C)C)c1ncccc1N. The molecular weight excluding hydrogens is 198 g/mol. The average Bonchev–Trinajstić information content (AvgIpc) is 2.15. The lowest BCUT2D eigenvalue weighted by Gasteiger charge is -2.28. The number of hydrogen-bond acceptors (Lipinski definition) is 3. The molecule has 0 unspecified atom stereocenters. The van der Waals surface area contributed by atoms with Crippen LogP contribution in [0.5, 0.6) is 0 Å². The lowest BCUT2D eigenvalue weighted by molar-refractivity contribution is 0.549. The summed E-state index contributed by atoms with van der Waals surface area (Å²) in [5, 5.41) is 0. The van der Waals surface area contributed by atoms with Gasteiger partial charge in [0.05, 0.1) is 5.69 Å². The van der Waals surface area contributed by atoms with Crippen molar-refractivity contribution in [2.75, 3.05) is 23.7 Å². The van der Waals surface area contributed by atoms with Crippen LogP contribution in [-0.4, -0.2) is 18.1 Å². The van der Waals surface area contributed by atoms with Gasteiger partial charge < -0.3 is 10.6 Å². The average molecular weight is 221 g/mol. The summed E-state index contributed by atoms with van der Waals surface area (Å²) < 4.78 is 0. The Morgan fingerprint density at radius 3 is 2.19 bits per heavy atom. The maximum absolute atomic E-state index is 5.97. The Balaban J connectivity index is 2.87. The Morgan fingerprint density at radius 1 is 1.19 bits per heavy atom. The summed E-state index contributed by atoms with van der Waals surface area (Å²) in [7, 11) is 0. The largest absolute Gasteiger partial charge is 0.396 e. The van der Waals surface area contributed by atoms with Gasteiger partial charge in [-0.25, -0.2) is 4.98 Å². The van der Waals surface area contributed by atoms with Gasteiger partial charge in [-0.05, 0) is 24.0 Å². The Kier molecular flexibility index (Phi) is 4.59. The standard InChI is InChI=1S/C13H23N3/c1-10(2)8-16(9-11(3)4)13-12(14)6-5-7-15-13/h5-7,10-11H,8-9,14H2,1-4H3. The van der Waals surface area contributed by atoms with Crippen LogP contribution in [0, 0.1) is 11.8 Å². The number of nitrogens with zero attached hydrogens (tertiary/aromatic N) is 2. The van der Waals surface area contributed by atoms with Crippen molar-refractivity contribution in [1.82, 2.24) is 4.98 Å². The van der Waals surface area contributed by atoms with Crippen molar-refractivity contribution in [2.24, 2.45) is 11.8 Å². The Labute approximate surface area is 98.7 Å². The number of hydrogen-bond donors (Lipinski definition) is 1. The van der Waals surface area contributed by atoms with E-state index in [1.807, 2.05) is 12.1 Å². The summed E-state index contributed by atoms with van der Waals surface area (Å²) in [5.41, 5.74) is 6.74. The second-order valence-electron chi connectivity index (χ2n) is 5.11. The van der Waals surface area contributed by atoms with E-state index >= 15 is 0 Å². The first-order valence-corrected chi connectivity index (χ1v) is 5.96. The molecule has 1 heterocycles. The zero-order valence-corrected chi connectivity index (χ0v) is 10.8. The molecule has 0 saturated carbocycles. The van der Waals surface area contributed by atoms with E-state index in [1.165, 1.54) is 0 Å². The first-order chi connectivity index (χ1) is 7.50. The molecule has 0 saturated heterocycles. The molecule has 1 aromatic rings. The van der Waals surface area contributed by atoms with Gasteiger partial charge in [-0.2, -0.15) is 0 Å². The van der Waals surface area contributed by atoms with E-state index in [0.29, 0.717) is 11.8 Å². The van der Waals surface area contributed by atoms with Crippen LogP contribution in [-0.2, 0) is 0 Å². The first kappa shape index (κ1) is 12.8. The van der Waals surface area contributed by atoms with Gasteiger partial charge in [0.1, 0.15) is 0 Å². The highest BCUT2D eigenvalue weighted by atomic mass is 15.2. The highest BCUT2D eigenvalue weighted by molar-refractivity contribution is 5.62. The van der Waals surface area contributed by atoms with Crippen LogP contribution >= 0.6 is 0 Å². The minimum Gasteiger partial charge on any atom is -0.396 e. The van der Waals surface area contributed by atoms with Crippen molar-refractivity contribution >= 4 is 11.5 Å². The fourth-order valence-corrected chi connectivity index (χ4v) is 1.80. The molecule has 2 N–H and O–H groups in total. The summed E-state index contributed by atoms with van der Waals surface area (Å²) >= 11 is 0. The molecule has 0 fully saturated rings. The number of pyridine rings is 1. The third kappa shape index (κ3) is 3.72. The third-order valence-electron chi connectivity index (χ3n) is 2.29. The quantitative estimate of drug-likeness (QED) is 0.831. The van der Waals surface area contributed by atoms with Crippen LogP contribution in [0.1, 0.15) is 27.7 Å². The van der Waals surface area contributed by atoms with E-state index in [4.69, 9.17) is 5.73 Å². The van der Waals surface area contributed by atoms with Gasteiger partial charge in [0.2, 0.25) is 0 Å². The smallest absolute Gasteiger partial charge is 0.151 e. The first-order valence-electron chi connectivity index (χ1n) is 5.96. The minimum atomic E-state index is 0.611. The molecular formula is C13H23N3. The van der Waals surface area contributed by atoms with Gasteiger partial charge in [-0.15, -0.1) is 0 Å². The van der Waals surface area contributed by atoms with Crippen molar-refractivity contribution < 1.29 is 0 Å². The van der Waals surface area contributed by atoms with E-state index in [2.05, 4.69) is 37.6 Å². The topological polar surface area (TPSA) is 42.2 Å². The minimum absolute atomic E-state index is 0.611. The van der Waals surface area contributed by atoms with E-state index in [1.54, 1.807) is 6.20 Å². The lowest BCUT2D eigenvalue weighted by Crippen LogP contribution is -2.32. The summed E-state index contributed by atoms with van der Waals surface area (Å²) in [4.78, 5) is 6.67. The van der Waals surface area contributed by atoms with Crippen molar-refractivity contribution in [1.29, 1.82) is 0 Å². The summed E-state index contributed by atoms with van der Waals surface area (Å²) in [6.07, 6.45) is 1.80. The summed E-state index contributed by atoms with van der Waals surface area (Å²) in [6, 6.07) is 3.79. The number of anilines is 2. The van der Waals surface area contributed by atoms with Crippen molar-refractivity contribution in [3.8, 4) is 0 Å².